The summed E-state index contributed by atoms with van der Waals surface area (Å²) in [5.74, 6) is 0.932. The standard InChI is InChI=1S/C8H16O.C6H6O/c1-2-7-5-3-4-6-8(7)9;7-6-4-2-1-3-5-6/h7-9H,2-6H2,1H3;1-5,7H. The minimum atomic E-state index is 0.0174. The van der Waals surface area contributed by atoms with Crippen LogP contribution in [0.5, 0.6) is 5.75 Å². The van der Waals surface area contributed by atoms with Gasteiger partial charge in [0, 0.05) is 0 Å². The molecule has 1 aliphatic carbocycles. The van der Waals surface area contributed by atoms with Gasteiger partial charge in [0.2, 0.25) is 0 Å². The summed E-state index contributed by atoms with van der Waals surface area (Å²) < 4.78 is 0. The molecule has 2 rings (SSSR count). The van der Waals surface area contributed by atoms with Gasteiger partial charge in [0.15, 0.2) is 0 Å². The predicted octanol–water partition coefficient (Wildman–Crippen LogP) is 3.34. The minimum Gasteiger partial charge on any atom is -0.508 e. The Labute approximate surface area is 97.9 Å². The quantitative estimate of drug-likeness (QED) is 0.765. The number of para-hydroxylation sites is 1. The van der Waals surface area contributed by atoms with Crippen molar-refractivity contribution >= 4 is 0 Å². The van der Waals surface area contributed by atoms with Crippen LogP contribution in [0.4, 0.5) is 0 Å². The molecule has 0 aromatic heterocycles. The summed E-state index contributed by atoms with van der Waals surface area (Å²) in [6, 6.07) is 8.71. The molecule has 16 heavy (non-hydrogen) atoms. The van der Waals surface area contributed by atoms with Crippen LogP contribution < -0.4 is 0 Å². The largest absolute Gasteiger partial charge is 0.508 e. The maximum atomic E-state index is 9.37. The van der Waals surface area contributed by atoms with Crippen LogP contribution in [0, 0.1) is 5.92 Å². The van der Waals surface area contributed by atoms with Gasteiger partial charge in [0.05, 0.1) is 6.10 Å². The number of phenolic OH excluding ortho intramolecular Hbond substituents is 1. The number of hydrogen-bond acceptors (Lipinski definition) is 2. The summed E-state index contributed by atoms with van der Waals surface area (Å²) in [5, 5.41) is 18.0. The number of aliphatic hydroxyl groups is 1. The second-order valence-electron chi connectivity index (χ2n) is 4.36. The van der Waals surface area contributed by atoms with Crippen molar-refractivity contribution in [2.45, 2.75) is 45.1 Å². The van der Waals surface area contributed by atoms with E-state index in [-0.39, 0.29) is 6.10 Å². The Hall–Kier alpha value is -1.02. The first kappa shape index (κ1) is 13.0. The van der Waals surface area contributed by atoms with E-state index in [0.29, 0.717) is 11.7 Å². The van der Waals surface area contributed by atoms with Gasteiger partial charge in [-0.15, -0.1) is 0 Å². The van der Waals surface area contributed by atoms with Gasteiger partial charge >= 0.3 is 0 Å². The molecular formula is C14H22O2. The third kappa shape index (κ3) is 4.67. The first-order valence-electron chi connectivity index (χ1n) is 6.16. The highest BCUT2D eigenvalue weighted by atomic mass is 16.3. The molecule has 0 heterocycles. The number of benzene rings is 1. The fourth-order valence-corrected chi connectivity index (χ4v) is 2.09. The molecule has 1 fully saturated rings. The fraction of sp³-hybridized carbons (Fsp3) is 0.571. The average molecular weight is 222 g/mol. The molecule has 2 atom stereocenters. The number of hydrogen-bond donors (Lipinski definition) is 2. The molecule has 2 heteroatoms. The summed E-state index contributed by atoms with van der Waals surface area (Å²) in [5.41, 5.74) is 0. The first-order valence-corrected chi connectivity index (χ1v) is 6.16. The van der Waals surface area contributed by atoms with Crippen molar-refractivity contribution in [1.29, 1.82) is 0 Å². The van der Waals surface area contributed by atoms with Gasteiger partial charge in [-0.05, 0) is 30.9 Å². The van der Waals surface area contributed by atoms with E-state index in [1.807, 2.05) is 6.07 Å². The molecule has 0 aliphatic heterocycles. The number of phenols is 1. The predicted molar refractivity (Wildman–Crippen MR) is 66.4 cm³/mol. The van der Waals surface area contributed by atoms with Crippen LogP contribution in [0.25, 0.3) is 0 Å². The van der Waals surface area contributed by atoms with Gasteiger partial charge in [-0.3, -0.25) is 0 Å². The van der Waals surface area contributed by atoms with E-state index in [2.05, 4.69) is 6.92 Å². The minimum absolute atomic E-state index is 0.0174. The molecule has 0 bridgehead atoms. The lowest BCUT2D eigenvalue weighted by Crippen LogP contribution is -2.23. The van der Waals surface area contributed by atoms with Crippen LogP contribution in [0.1, 0.15) is 39.0 Å². The van der Waals surface area contributed by atoms with Crippen molar-refractivity contribution in [3.05, 3.63) is 30.3 Å². The molecule has 0 amide bonds. The average Bonchev–Trinajstić information content (AvgIpc) is 2.31. The molecule has 1 aromatic rings. The second kappa shape index (κ2) is 7.29. The molecular weight excluding hydrogens is 200 g/mol. The summed E-state index contributed by atoms with van der Waals surface area (Å²) >= 11 is 0. The Morgan fingerprint density at radius 3 is 2.12 bits per heavy atom. The lowest BCUT2D eigenvalue weighted by atomic mass is 9.85. The maximum absolute atomic E-state index is 9.37. The Bertz CT molecular complexity index is 271. The van der Waals surface area contributed by atoms with Crippen LogP contribution in [0.2, 0.25) is 0 Å². The second-order valence-corrected chi connectivity index (χ2v) is 4.36. The lowest BCUT2D eigenvalue weighted by Gasteiger charge is -2.25. The van der Waals surface area contributed by atoms with Crippen LogP contribution in [-0.2, 0) is 0 Å². The van der Waals surface area contributed by atoms with Crippen molar-refractivity contribution in [3.8, 4) is 5.75 Å². The van der Waals surface area contributed by atoms with Crippen LogP contribution in [0.15, 0.2) is 30.3 Å². The normalized spacial score (nSPS) is 24.4. The van der Waals surface area contributed by atoms with E-state index in [9.17, 15) is 5.11 Å². The summed E-state index contributed by atoms with van der Waals surface area (Å²) in [6.45, 7) is 2.17. The van der Waals surface area contributed by atoms with E-state index in [4.69, 9.17) is 5.11 Å². The van der Waals surface area contributed by atoms with E-state index < -0.39 is 0 Å². The molecule has 0 spiro atoms. The molecule has 1 aliphatic rings. The van der Waals surface area contributed by atoms with Crippen LogP contribution >= 0.6 is 0 Å². The number of rotatable bonds is 1. The molecule has 2 unspecified atom stereocenters. The Morgan fingerprint density at radius 2 is 1.75 bits per heavy atom. The van der Waals surface area contributed by atoms with Gasteiger partial charge < -0.3 is 10.2 Å². The van der Waals surface area contributed by atoms with Gasteiger partial charge in [0.25, 0.3) is 0 Å². The zero-order valence-electron chi connectivity index (χ0n) is 9.97. The molecule has 0 radical (unpaired) electrons. The highest BCUT2D eigenvalue weighted by Gasteiger charge is 2.20. The number of aromatic hydroxyl groups is 1. The van der Waals surface area contributed by atoms with Gasteiger partial charge in [-0.2, -0.15) is 0 Å². The molecule has 0 saturated heterocycles. The highest BCUT2D eigenvalue weighted by molar-refractivity contribution is 5.18. The zero-order chi connectivity index (χ0) is 11.8. The van der Waals surface area contributed by atoms with Gasteiger partial charge in [-0.1, -0.05) is 44.4 Å². The van der Waals surface area contributed by atoms with E-state index in [1.54, 1.807) is 24.3 Å². The van der Waals surface area contributed by atoms with E-state index >= 15 is 0 Å². The van der Waals surface area contributed by atoms with Gasteiger partial charge in [-0.25, -0.2) is 0 Å². The van der Waals surface area contributed by atoms with Crippen LogP contribution in [-0.4, -0.2) is 16.3 Å². The Morgan fingerprint density at radius 1 is 1.12 bits per heavy atom. The first-order chi connectivity index (χ1) is 7.74. The van der Waals surface area contributed by atoms with Crippen molar-refractivity contribution < 1.29 is 10.2 Å². The topological polar surface area (TPSA) is 40.5 Å². The summed E-state index contributed by atoms with van der Waals surface area (Å²) in [7, 11) is 0. The van der Waals surface area contributed by atoms with Crippen molar-refractivity contribution in [2.75, 3.05) is 0 Å². The lowest BCUT2D eigenvalue weighted by molar-refractivity contribution is 0.0680. The summed E-state index contributed by atoms with van der Waals surface area (Å²) in [6.07, 6.45) is 6.02. The monoisotopic (exact) mass is 222 g/mol. The third-order valence-electron chi connectivity index (χ3n) is 3.15. The van der Waals surface area contributed by atoms with E-state index in [0.717, 1.165) is 12.8 Å². The highest BCUT2D eigenvalue weighted by Crippen LogP contribution is 2.26. The smallest absolute Gasteiger partial charge is 0.115 e. The molecule has 90 valence electrons. The molecule has 2 N–H and O–H groups in total. The summed E-state index contributed by atoms with van der Waals surface area (Å²) in [4.78, 5) is 0. The van der Waals surface area contributed by atoms with Crippen LogP contribution in [0.3, 0.4) is 0 Å². The maximum Gasteiger partial charge on any atom is 0.115 e. The number of aliphatic hydroxyl groups excluding tert-OH is 1. The Kier molecular flexibility index (Phi) is 5.94. The zero-order valence-corrected chi connectivity index (χ0v) is 9.97. The van der Waals surface area contributed by atoms with E-state index in [1.165, 1.54) is 19.3 Å². The molecule has 1 saturated carbocycles. The van der Waals surface area contributed by atoms with Crippen molar-refractivity contribution in [2.24, 2.45) is 5.92 Å². The Balaban J connectivity index is 0.000000165. The SMILES string of the molecule is CCC1CCCCC1O.Oc1ccccc1. The van der Waals surface area contributed by atoms with Crippen molar-refractivity contribution in [1.82, 2.24) is 0 Å². The fourth-order valence-electron chi connectivity index (χ4n) is 2.09. The molecule has 1 aromatic carbocycles. The molecule has 2 nitrogen and oxygen atoms in total. The van der Waals surface area contributed by atoms with Gasteiger partial charge in [0.1, 0.15) is 5.75 Å². The third-order valence-corrected chi connectivity index (χ3v) is 3.15. The van der Waals surface area contributed by atoms with Crippen molar-refractivity contribution in [3.63, 3.8) is 0 Å².